The Hall–Kier alpha value is -1.17. The van der Waals surface area contributed by atoms with Crippen LogP contribution >= 0.6 is 0 Å². The number of carbonyl (C=O) groups is 1. The van der Waals surface area contributed by atoms with Crippen LogP contribution in [0.3, 0.4) is 0 Å². The lowest BCUT2D eigenvalue weighted by molar-refractivity contribution is -0.159. The van der Waals surface area contributed by atoms with Crippen molar-refractivity contribution in [2.75, 3.05) is 19.8 Å². The molecule has 1 atom stereocenters. The summed E-state index contributed by atoms with van der Waals surface area (Å²) in [7, 11) is 0. The van der Waals surface area contributed by atoms with Crippen molar-refractivity contribution in [3.63, 3.8) is 0 Å². The van der Waals surface area contributed by atoms with E-state index in [9.17, 15) is 9.90 Å². The smallest absolute Gasteiger partial charge is 0.305 e. The monoisotopic (exact) mass is 481 g/mol. The molecule has 0 spiro atoms. The molecule has 34 heavy (non-hydrogen) atoms. The second kappa shape index (κ2) is 26.4. The van der Waals surface area contributed by atoms with Crippen molar-refractivity contribution in [1.82, 2.24) is 0 Å². The molecule has 0 aliphatic carbocycles. The van der Waals surface area contributed by atoms with Crippen LogP contribution in [0, 0.1) is 6.92 Å². The summed E-state index contributed by atoms with van der Waals surface area (Å²) in [6.45, 7) is 9.78. The van der Waals surface area contributed by atoms with E-state index in [2.05, 4.69) is 45.1 Å². The van der Waals surface area contributed by atoms with Gasteiger partial charge in [-0.1, -0.05) is 57.9 Å². The Morgan fingerprint density at radius 3 is 1.88 bits per heavy atom. The van der Waals surface area contributed by atoms with Crippen molar-refractivity contribution in [3.8, 4) is 0 Å². The standard InChI is InChI=1S/C29H53O5/c1-4-7-10-12-14-17-25-33-29(34-26-18-15-13-11-8-5-2)23-22-28(31)32-24-19-16-21-27(30)20-9-6-3/h7-8,10-11,27,29-30H,3-6,9,12-26H2,1-2H3/b10-7-,11-8-. The van der Waals surface area contributed by atoms with Gasteiger partial charge in [-0.25, -0.2) is 0 Å². The zero-order valence-electron chi connectivity index (χ0n) is 22.2. The molecule has 0 aliphatic heterocycles. The lowest BCUT2D eigenvalue weighted by Gasteiger charge is -2.18. The van der Waals surface area contributed by atoms with Gasteiger partial charge in [0.2, 0.25) is 0 Å². The van der Waals surface area contributed by atoms with Crippen LogP contribution in [0.1, 0.15) is 117 Å². The summed E-state index contributed by atoms with van der Waals surface area (Å²) in [6.07, 6.45) is 22.5. The van der Waals surface area contributed by atoms with E-state index in [-0.39, 0.29) is 18.4 Å². The molecule has 0 fully saturated rings. The minimum Gasteiger partial charge on any atom is -0.466 e. The first kappa shape index (κ1) is 32.8. The van der Waals surface area contributed by atoms with Gasteiger partial charge in [-0.15, -0.1) is 0 Å². The Balaban J connectivity index is 4.10. The molecule has 0 rings (SSSR count). The lowest BCUT2D eigenvalue weighted by atomic mass is 10.1. The Kier molecular flexibility index (Phi) is 25.5. The van der Waals surface area contributed by atoms with E-state index in [0.717, 1.165) is 89.9 Å². The zero-order valence-corrected chi connectivity index (χ0v) is 22.2. The van der Waals surface area contributed by atoms with Crippen LogP contribution in [0.15, 0.2) is 24.3 Å². The number of rotatable bonds is 25. The first-order chi connectivity index (χ1) is 16.6. The van der Waals surface area contributed by atoms with E-state index in [4.69, 9.17) is 14.2 Å². The third kappa shape index (κ3) is 24.0. The maximum Gasteiger partial charge on any atom is 0.305 e. The average Bonchev–Trinajstić information content (AvgIpc) is 2.84. The number of aliphatic hydroxyl groups excluding tert-OH is 1. The van der Waals surface area contributed by atoms with Gasteiger partial charge in [-0.05, 0) is 77.0 Å². The molecule has 0 saturated carbocycles. The van der Waals surface area contributed by atoms with Gasteiger partial charge in [0.25, 0.3) is 0 Å². The molecule has 0 aliphatic rings. The molecule has 0 aromatic heterocycles. The molecule has 0 heterocycles. The molecule has 5 heteroatoms. The predicted molar refractivity (Wildman–Crippen MR) is 142 cm³/mol. The number of hydrogen-bond acceptors (Lipinski definition) is 5. The number of ether oxygens (including phenoxy) is 3. The van der Waals surface area contributed by atoms with Crippen LogP contribution < -0.4 is 0 Å². The van der Waals surface area contributed by atoms with Crippen molar-refractivity contribution >= 4 is 5.97 Å². The summed E-state index contributed by atoms with van der Waals surface area (Å²) in [5.41, 5.74) is 0. The van der Waals surface area contributed by atoms with Gasteiger partial charge < -0.3 is 19.3 Å². The van der Waals surface area contributed by atoms with Gasteiger partial charge in [0, 0.05) is 19.6 Å². The first-order valence-electron chi connectivity index (χ1n) is 13.8. The molecule has 1 N–H and O–H groups in total. The summed E-state index contributed by atoms with van der Waals surface area (Å²) in [5, 5.41) is 9.85. The Labute approximate surface area is 210 Å². The topological polar surface area (TPSA) is 65.0 Å². The fraction of sp³-hybridized carbons (Fsp3) is 0.793. The Bertz CT molecular complexity index is 465. The molecule has 1 unspecified atom stereocenters. The van der Waals surface area contributed by atoms with Crippen molar-refractivity contribution in [2.24, 2.45) is 0 Å². The van der Waals surface area contributed by atoms with Gasteiger partial charge in [-0.2, -0.15) is 0 Å². The van der Waals surface area contributed by atoms with Gasteiger partial charge >= 0.3 is 5.97 Å². The van der Waals surface area contributed by atoms with Crippen LogP contribution in [0.2, 0.25) is 0 Å². The molecule has 1 radical (unpaired) electrons. The average molecular weight is 482 g/mol. The Morgan fingerprint density at radius 2 is 1.32 bits per heavy atom. The number of unbranched alkanes of at least 4 members (excludes halogenated alkanes) is 6. The fourth-order valence-corrected chi connectivity index (χ4v) is 3.44. The highest BCUT2D eigenvalue weighted by Crippen LogP contribution is 2.11. The molecular weight excluding hydrogens is 428 g/mol. The third-order valence-corrected chi connectivity index (χ3v) is 5.51. The molecule has 0 bridgehead atoms. The van der Waals surface area contributed by atoms with Crippen LogP contribution in [-0.4, -0.2) is 43.3 Å². The predicted octanol–water partition coefficient (Wildman–Crippen LogP) is 7.48. The van der Waals surface area contributed by atoms with Crippen molar-refractivity contribution in [2.45, 2.75) is 129 Å². The van der Waals surface area contributed by atoms with E-state index in [1.54, 1.807) is 0 Å². The fourth-order valence-electron chi connectivity index (χ4n) is 3.44. The normalized spacial score (nSPS) is 12.9. The third-order valence-electron chi connectivity index (χ3n) is 5.51. The largest absolute Gasteiger partial charge is 0.466 e. The van der Waals surface area contributed by atoms with Crippen LogP contribution in [-0.2, 0) is 19.0 Å². The van der Waals surface area contributed by atoms with Crippen molar-refractivity contribution < 1.29 is 24.1 Å². The quantitative estimate of drug-likeness (QED) is 0.0634. The highest BCUT2D eigenvalue weighted by molar-refractivity contribution is 5.69. The highest BCUT2D eigenvalue weighted by atomic mass is 16.7. The van der Waals surface area contributed by atoms with Crippen LogP contribution in [0.25, 0.3) is 0 Å². The van der Waals surface area contributed by atoms with E-state index < -0.39 is 0 Å². The highest BCUT2D eigenvalue weighted by Gasteiger charge is 2.13. The second-order valence-corrected chi connectivity index (χ2v) is 8.83. The first-order valence-corrected chi connectivity index (χ1v) is 13.8. The van der Waals surface area contributed by atoms with Crippen LogP contribution in [0.4, 0.5) is 0 Å². The Morgan fingerprint density at radius 1 is 0.765 bits per heavy atom. The van der Waals surface area contributed by atoms with E-state index in [0.29, 0.717) is 32.7 Å². The summed E-state index contributed by atoms with van der Waals surface area (Å²) in [6, 6.07) is 0. The van der Waals surface area contributed by atoms with Crippen molar-refractivity contribution in [3.05, 3.63) is 31.2 Å². The maximum atomic E-state index is 12.1. The number of hydrogen-bond donors (Lipinski definition) is 1. The number of carbonyl (C=O) groups excluding carboxylic acids is 1. The van der Waals surface area contributed by atoms with Crippen LogP contribution in [0.5, 0.6) is 0 Å². The molecule has 0 saturated heterocycles. The summed E-state index contributed by atoms with van der Waals surface area (Å²) in [4.78, 5) is 12.1. The minimum atomic E-state index is -0.354. The zero-order chi connectivity index (χ0) is 25.1. The molecular formula is C29H53O5. The lowest BCUT2D eigenvalue weighted by Crippen LogP contribution is -2.21. The van der Waals surface area contributed by atoms with Crippen molar-refractivity contribution in [1.29, 1.82) is 0 Å². The second-order valence-electron chi connectivity index (χ2n) is 8.83. The van der Waals surface area contributed by atoms with E-state index in [1.165, 1.54) is 0 Å². The van der Waals surface area contributed by atoms with Gasteiger partial charge in [-0.3, -0.25) is 4.79 Å². The van der Waals surface area contributed by atoms with E-state index >= 15 is 0 Å². The minimum absolute atomic E-state index is 0.204. The van der Waals surface area contributed by atoms with Gasteiger partial charge in [0.1, 0.15) is 0 Å². The van der Waals surface area contributed by atoms with Gasteiger partial charge in [0.05, 0.1) is 19.1 Å². The summed E-state index contributed by atoms with van der Waals surface area (Å²) >= 11 is 0. The van der Waals surface area contributed by atoms with E-state index in [1.807, 2.05) is 0 Å². The molecule has 0 aromatic rings. The number of esters is 1. The maximum absolute atomic E-state index is 12.1. The molecule has 199 valence electrons. The number of allylic oxidation sites excluding steroid dienone is 4. The SMILES string of the molecule is [CH2]CCCC(O)CCCCOC(=O)CCC(OCCCC/C=C\CC)OCCCC/C=C\CC. The molecule has 0 amide bonds. The summed E-state index contributed by atoms with van der Waals surface area (Å²) < 4.78 is 17.3. The van der Waals surface area contributed by atoms with Gasteiger partial charge in [0.15, 0.2) is 6.29 Å². The number of aliphatic hydroxyl groups is 1. The summed E-state index contributed by atoms with van der Waals surface area (Å²) in [5.74, 6) is -0.204. The molecule has 5 nitrogen and oxygen atoms in total. The molecule has 0 aromatic carbocycles.